The molecular formula is C20H23ClFKN3O6PS. The van der Waals surface area contributed by atoms with Gasteiger partial charge in [-0.3, -0.25) is 13.6 Å². The van der Waals surface area contributed by atoms with Gasteiger partial charge in [0.25, 0.3) is 0 Å². The molecule has 0 amide bonds. The number of hydrogen-bond donors (Lipinski definition) is 1. The molecule has 0 unspecified atom stereocenters. The van der Waals surface area contributed by atoms with Gasteiger partial charge in [0.1, 0.15) is 6.33 Å². The van der Waals surface area contributed by atoms with Gasteiger partial charge < -0.3 is 4.74 Å². The molecule has 0 saturated heterocycles. The molecule has 0 atom stereocenters. The quantitative estimate of drug-likeness (QED) is 0.294. The van der Waals surface area contributed by atoms with Crippen LogP contribution in [0.25, 0.3) is 16.9 Å². The van der Waals surface area contributed by atoms with Crippen molar-refractivity contribution in [3.63, 3.8) is 0 Å². The fourth-order valence-electron chi connectivity index (χ4n) is 3.01. The van der Waals surface area contributed by atoms with Gasteiger partial charge in [0, 0.05) is 11.3 Å². The van der Waals surface area contributed by atoms with Crippen LogP contribution in [0, 0.1) is 5.82 Å². The molecule has 34 heavy (non-hydrogen) atoms. The molecule has 180 valence electrons. The van der Waals surface area contributed by atoms with E-state index in [1.165, 1.54) is 49.8 Å². The first-order chi connectivity index (χ1) is 15.6. The van der Waals surface area contributed by atoms with E-state index in [0.717, 1.165) is 0 Å². The number of aromatic nitrogens is 2. The summed E-state index contributed by atoms with van der Waals surface area (Å²) >= 11 is 6.24. The number of halogens is 2. The number of ether oxygens (including phenoxy) is 1. The molecule has 0 radical (unpaired) electrons. The predicted octanol–water partition coefficient (Wildman–Crippen LogP) is 4.15. The van der Waals surface area contributed by atoms with Crippen LogP contribution in [0.1, 0.15) is 13.8 Å². The Bertz CT molecular complexity index is 1280. The molecular weight excluding hydrogens is 535 g/mol. The van der Waals surface area contributed by atoms with Gasteiger partial charge in [-0.2, -0.15) is 0 Å². The molecule has 14 heteroatoms. The van der Waals surface area contributed by atoms with Gasteiger partial charge >= 0.3 is 59.1 Å². The van der Waals surface area contributed by atoms with E-state index in [1.54, 1.807) is 24.5 Å². The Morgan fingerprint density at radius 1 is 1.12 bits per heavy atom. The molecule has 0 saturated carbocycles. The average Bonchev–Trinajstić information content (AvgIpc) is 3.15. The van der Waals surface area contributed by atoms with Crippen molar-refractivity contribution in [1.82, 2.24) is 14.0 Å². The SMILES string of the molecule is CCOP(=O)(NS(=O)(=O)c1ccc(-n2cnc(Cl)c2-c2ccc(OC)c(F)c2)cc1)OCC.[KH]. The number of sulfonamides is 1. The second kappa shape index (κ2) is 12.6. The maximum atomic E-state index is 14.2. The molecule has 0 fully saturated rings. The van der Waals surface area contributed by atoms with E-state index in [1.807, 2.05) is 4.49 Å². The summed E-state index contributed by atoms with van der Waals surface area (Å²) in [7, 11) is -6.90. The van der Waals surface area contributed by atoms with Crippen molar-refractivity contribution in [2.24, 2.45) is 0 Å². The van der Waals surface area contributed by atoms with Gasteiger partial charge in [-0.05, 0) is 56.3 Å². The topological polar surface area (TPSA) is 109 Å². The predicted molar refractivity (Wildman–Crippen MR) is 129 cm³/mol. The van der Waals surface area contributed by atoms with Crippen molar-refractivity contribution >= 4 is 80.8 Å². The molecule has 3 rings (SSSR count). The van der Waals surface area contributed by atoms with E-state index < -0.39 is 23.6 Å². The van der Waals surface area contributed by atoms with Crippen molar-refractivity contribution in [3.8, 4) is 22.7 Å². The molecule has 0 spiro atoms. The molecule has 0 aliphatic carbocycles. The van der Waals surface area contributed by atoms with Crippen molar-refractivity contribution in [2.45, 2.75) is 18.7 Å². The molecule has 3 aromatic rings. The van der Waals surface area contributed by atoms with E-state index in [4.69, 9.17) is 25.4 Å². The number of benzene rings is 2. The van der Waals surface area contributed by atoms with Gasteiger partial charge in [-0.15, -0.1) is 4.49 Å². The van der Waals surface area contributed by atoms with Crippen molar-refractivity contribution < 1.29 is 31.2 Å². The van der Waals surface area contributed by atoms with Crippen LogP contribution >= 0.6 is 19.3 Å². The van der Waals surface area contributed by atoms with Crippen LogP contribution in [0.2, 0.25) is 5.15 Å². The Kier molecular flexibility index (Phi) is 10.9. The van der Waals surface area contributed by atoms with Gasteiger partial charge in [0.2, 0.25) is 10.0 Å². The zero-order valence-corrected chi connectivity index (χ0v) is 20.5. The molecule has 1 aromatic heterocycles. The van der Waals surface area contributed by atoms with Gasteiger partial charge in [-0.25, -0.2) is 22.4 Å². The Morgan fingerprint density at radius 2 is 1.74 bits per heavy atom. The first-order valence-electron chi connectivity index (χ1n) is 9.74. The Balaban J connectivity index is 0.00000408. The second-order valence-corrected chi connectivity index (χ2v) is 10.6. The third kappa shape index (κ3) is 6.77. The average molecular weight is 558 g/mol. The van der Waals surface area contributed by atoms with E-state index in [0.29, 0.717) is 16.9 Å². The standard InChI is InChI=1S/C20H22ClFN3O6PS.K.H/c1-4-30-32(26,31-5-2)24-33(27,28)16-9-7-15(8-10-16)25-13-23-20(21)19(25)14-6-11-18(29-3)17(22)12-14;;/h6-13H,4-5H2,1-3H3,(H,24,26);;. The Labute approximate surface area is 245 Å². The first-order valence-corrected chi connectivity index (χ1v) is 13.1. The van der Waals surface area contributed by atoms with Crippen molar-refractivity contribution in [2.75, 3.05) is 20.3 Å². The van der Waals surface area contributed by atoms with Crippen LogP contribution in [0.15, 0.2) is 53.7 Å². The van der Waals surface area contributed by atoms with Gasteiger partial charge in [0.05, 0.1) is 30.9 Å². The zero-order chi connectivity index (χ0) is 24.2. The summed E-state index contributed by atoms with van der Waals surface area (Å²) in [5.74, 6) is -0.487. The van der Waals surface area contributed by atoms with Crippen LogP contribution in [0.4, 0.5) is 4.39 Å². The fourth-order valence-corrected chi connectivity index (χ4v) is 6.52. The maximum absolute atomic E-state index is 14.2. The van der Waals surface area contributed by atoms with Crippen LogP contribution in [-0.2, 0) is 23.6 Å². The van der Waals surface area contributed by atoms with Crippen LogP contribution in [-0.4, -0.2) is 89.7 Å². The van der Waals surface area contributed by atoms with Gasteiger partial charge in [0.15, 0.2) is 16.7 Å². The Morgan fingerprint density at radius 3 is 2.26 bits per heavy atom. The van der Waals surface area contributed by atoms with Crippen molar-refractivity contribution in [1.29, 1.82) is 0 Å². The summed E-state index contributed by atoms with van der Waals surface area (Å²) < 4.78 is 70.7. The minimum atomic E-state index is -4.21. The third-order valence-electron chi connectivity index (χ3n) is 4.40. The summed E-state index contributed by atoms with van der Waals surface area (Å²) in [6.07, 6.45) is 1.43. The molecule has 9 nitrogen and oxygen atoms in total. The van der Waals surface area contributed by atoms with Crippen molar-refractivity contribution in [3.05, 3.63) is 59.8 Å². The summed E-state index contributed by atoms with van der Waals surface area (Å²) in [6.45, 7) is 3.12. The zero-order valence-electron chi connectivity index (χ0n) is 18.0. The van der Waals surface area contributed by atoms with E-state index >= 15 is 0 Å². The monoisotopic (exact) mass is 557 g/mol. The molecule has 1 heterocycles. The molecule has 0 aliphatic heterocycles. The third-order valence-corrected chi connectivity index (χ3v) is 8.62. The van der Waals surface area contributed by atoms with Crippen LogP contribution < -0.4 is 9.23 Å². The number of rotatable bonds is 10. The van der Waals surface area contributed by atoms with E-state index in [9.17, 15) is 17.4 Å². The number of hydrogen-bond acceptors (Lipinski definition) is 7. The number of imidazole rings is 1. The summed E-state index contributed by atoms with van der Waals surface area (Å²) in [4.78, 5) is 3.92. The summed E-state index contributed by atoms with van der Waals surface area (Å²) in [5, 5.41) is 0.132. The molecule has 0 bridgehead atoms. The first kappa shape index (κ1) is 29.6. The molecule has 2 aromatic carbocycles. The number of methoxy groups -OCH3 is 1. The van der Waals surface area contributed by atoms with Gasteiger partial charge in [-0.1, -0.05) is 11.6 Å². The fraction of sp³-hybridized carbons (Fsp3) is 0.250. The second-order valence-electron chi connectivity index (χ2n) is 6.52. The summed E-state index contributed by atoms with van der Waals surface area (Å²) in [6, 6.07) is 9.99. The minimum absolute atomic E-state index is 0. The molecule has 0 aliphatic rings. The normalized spacial score (nSPS) is 11.8. The summed E-state index contributed by atoms with van der Waals surface area (Å²) in [5.41, 5.74) is 1.37. The van der Waals surface area contributed by atoms with Crippen LogP contribution in [0.5, 0.6) is 5.75 Å². The number of nitrogens with one attached hydrogen (secondary N) is 1. The van der Waals surface area contributed by atoms with E-state index in [2.05, 4.69) is 4.98 Å². The van der Waals surface area contributed by atoms with E-state index in [-0.39, 0.29) is 80.4 Å². The molecule has 1 N–H and O–H groups in total. The number of nitrogens with zero attached hydrogens (tertiary/aromatic N) is 2. The van der Waals surface area contributed by atoms with Crippen LogP contribution in [0.3, 0.4) is 0 Å². The Hall–Kier alpha value is -0.634.